The molecule has 0 aliphatic rings. The van der Waals surface area contributed by atoms with Gasteiger partial charge in [-0.05, 0) is 36.4 Å². The van der Waals surface area contributed by atoms with E-state index in [2.05, 4.69) is 10.3 Å². The number of halogens is 2. The first-order chi connectivity index (χ1) is 12.5. The molecule has 5 nitrogen and oxygen atoms in total. The zero-order valence-corrected chi connectivity index (χ0v) is 13.5. The number of nitrogens with zero attached hydrogens (tertiary/aromatic N) is 2. The lowest BCUT2D eigenvalue weighted by atomic mass is 10.2. The van der Waals surface area contributed by atoms with E-state index in [0.717, 1.165) is 12.1 Å². The molecule has 0 atom stereocenters. The van der Waals surface area contributed by atoms with Crippen molar-refractivity contribution in [3.63, 3.8) is 0 Å². The summed E-state index contributed by atoms with van der Waals surface area (Å²) < 4.78 is 32.1. The molecule has 0 saturated heterocycles. The van der Waals surface area contributed by atoms with Crippen LogP contribution in [0.3, 0.4) is 0 Å². The average Bonchev–Trinajstić information content (AvgIpc) is 3.09. The van der Waals surface area contributed by atoms with Crippen molar-refractivity contribution >= 4 is 11.6 Å². The summed E-state index contributed by atoms with van der Waals surface area (Å²) in [4.78, 5) is 16.0. The lowest BCUT2D eigenvalue weighted by molar-refractivity contribution is -0.116. The molecular weight excluding hydrogens is 340 g/mol. The van der Waals surface area contributed by atoms with E-state index < -0.39 is 11.6 Å². The molecule has 0 fully saturated rings. The van der Waals surface area contributed by atoms with E-state index >= 15 is 0 Å². The van der Waals surface area contributed by atoms with Crippen molar-refractivity contribution in [2.24, 2.45) is 0 Å². The van der Waals surface area contributed by atoms with Gasteiger partial charge < -0.3 is 9.73 Å². The van der Waals surface area contributed by atoms with E-state index in [4.69, 9.17) is 9.68 Å². The fourth-order valence-corrected chi connectivity index (χ4v) is 2.31. The zero-order valence-electron chi connectivity index (χ0n) is 13.5. The van der Waals surface area contributed by atoms with Gasteiger partial charge >= 0.3 is 0 Å². The molecule has 2 aromatic carbocycles. The van der Waals surface area contributed by atoms with Gasteiger partial charge in [-0.1, -0.05) is 0 Å². The first-order valence-electron chi connectivity index (χ1n) is 7.75. The minimum absolute atomic E-state index is 0.104. The van der Waals surface area contributed by atoms with Gasteiger partial charge in [-0.2, -0.15) is 5.26 Å². The lowest BCUT2D eigenvalue weighted by Crippen LogP contribution is -2.12. The second-order valence-corrected chi connectivity index (χ2v) is 5.48. The fraction of sp³-hybridized carbons (Fsp3) is 0.105. The molecule has 3 aromatic rings. The van der Waals surface area contributed by atoms with Crippen LogP contribution in [0.15, 0.2) is 53.1 Å². The maximum atomic E-state index is 13.7. The van der Waals surface area contributed by atoms with Crippen LogP contribution in [0.25, 0.3) is 11.3 Å². The normalized spacial score (nSPS) is 10.3. The van der Waals surface area contributed by atoms with Gasteiger partial charge in [0.15, 0.2) is 11.7 Å². The third kappa shape index (κ3) is 4.11. The van der Waals surface area contributed by atoms with Gasteiger partial charge in [0.25, 0.3) is 0 Å². The highest BCUT2D eigenvalue weighted by Crippen LogP contribution is 2.24. The smallest absolute Gasteiger partial charge is 0.224 e. The molecule has 7 heteroatoms. The van der Waals surface area contributed by atoms with E-state index in [1.165, 1.54) is 12.3 Å². The average molecular weight is 353 g/mol. The highest BCUT2D eigenvalue weighted by atomic mass is 19.1. The molecule has 3 rings (SSSR count). The van der Waals surface area contributed by atoms with Crippen LogP contribution in [0.1, 0.15) is 17.9 Å². The molecule has 0 spiro atoms. The minimum atomic E-state index is -0.744. The molecule has 130 valence electrons. The standard InChI is InChI=1S/C19H13F2N3O2/c20-13-3-6-15(16(21)9-13)17-11-23-19(26-17)8-7-18(25)24-14-4-1-12(10-22)2-5-14/h1-6,9,11H,7-8H2,(H,24,25). The third-order valence-corrected chi connectivity index (χ3v) is 3.61. The second-order valence-electron chi connectivity index (χ2n) is 5.48. The SMILES string of the molecule is N#Cc1ccc(NC(=O)CCc2ncc(-c3ccc(F)cc3F)o2)cc1. The first-order valence-corrected chi connectivity index (χ1v) is 7.75. The Morgan fingerprint density at radius 3 is 2.65 bits per heavy atom. The number of amides is 1. The molecule has 0 aliphatic heterocycles. The highest BCUT2D eigenvalue weighted by Gasteiger charge is 2.13. The maximum absolute atomic E-state index is 13.7. The van der Waals surface area contributed by atoms with Crippen molar-refractivity contribution in [3.05, 3.63) is 71.8 Å². The monoisotopic (exact) mass is 353 g/mol. The van der Waals surface area contributed by atoms with Crippen LogP contribution in [-0.2, 0) is 11.2 Å². The Kier molecular flexibility index (Phi) is 5.04. The van der Waals surface area contributed by atoms with Gasteiger partial charge in [0, 0.05) is 24.6 Å². The second kappa shape index (κ2) is 7.57. The van der Waals surface area contributed by atoms with Crippen molar-refractivity contribution in [2.75, 3.05) is 5.32 Å². The summed E-state index contributed by atoms with van der Waals surface area (Å²) in [5, 5.41) is 11.4. The molecule has 0 radical (unpaired) electrons. The Balaban J connectivity index is 1.59. The topological polar surface area (TPSA) is 78.9 Å². The van der Waals surface area contributed by atoms with Crippen molar-refractivity contribution in [2.45, 2.75) is 12.8 Å². The molecular formula is C19H13F2N3O2. The molecule has 0 saturated carbocycles. The summed E-state index contributed by atoms with van der Waals surface area (Å²) in [6.07, 6.45) is 1.68. The number of hydrogen-bond donors (Lipinski definition) is 1. The quantitative estimate of drug-likeness (QED) is 0.750. The number of nitriles is 1. The van der Waals surface area contributed by atoms with Crippen molar-refractivity contribution in [3.8, 4) is 17.4 Å². The fourth-order valence-electron chi connectivity index (χ4n) is 2.31. The van der Waals surface area contributed by atoms with E-state index in [1.54, 1.807) is 24.3 Å². The summed E-state index contributed by atoms with van der Waals surface area (Å²) >= 11 is 0. The Hall–Kier alpha value is -3.53. The molecule has 0 aliphatic carbocycles. The van der Waals surface area contributed by atoms with E-state index in [-0.39, 0.29) is 36.0 Å². The van der Waals surface area contributed by atoms with Crippen molar-refractivity contribution in [1.82, 2.24) is 4.98 Å². The summed E-state index contributed by atoms with van der Waals surface area (Å²) in [5.74, 6) is -1.22. The number of oxazole rings is 1. The summed E-state index contributed by atoms with van der Waals surface area (Å²) in [6.45, 7) is 0. The summed E-state index contributed by atoms with van der Waals surface area (Å²) in [6, 6.07) is 11.6. The zero-order chi connectivity index (χ0) is 18.5. The van der Waals surface area contributed by atoms with Crippen LogP contribution in [0.5, 0.6) is 0 Å². The predicted molar refractivity (Wildman–Crippen MR) is 90.0 cm³/mol. The summed E-state index contributed by atoms with van der Waals surface area (Å²) in [7, 11) is 0. The number of aryl methyl sites for hydroxylation is 1. The number of benzene rings is 2. The van der Waals surface area contributed by atoms with Crippen LogP contribution < -0.4 is 5.32 Å². The first kappa shape index (κ1) is 17.3. The molecule has 1 N–H and O–H groups in total. The van der Waals surface area contributed by atoms with Crippen LogP contribution in [0.4, 0.5) is 14.5 Å². The molecule has 26 heavy (non-hydrogen) atoms. The lowest BCUT2D eigenvalue weighted by Gasteiger charge is -2.04. The number of carbonyl (C=O) groups excluding carboxylic acids is 1. The van der Waals surface area contributed by atoms with Crippen LogP contribution in [0.2, 0.25) is 0 Å². The Bertz CT molecular complexity index is 975. The van der Waals surface area contributed by atoms with Crippen LogP contribution in [-0.4, -0.2) is 10.9 Å². The molecule has 1 aromatic heterocycles. The number of anilines is 1. The molecule has 1 heterocycles. The van der Waals surface area contributed by atoms with Gasteiger partial charge in [-0.25, -0.2) is 13.8 Å². The highest BCUT2D eigenvalue weighted by molar-refractivity contribution is 5.90. The Morgan fingerprint density at radius 2 is 1.96 bits per heavy atom. The number of hydrogen-bond acceptors (Lipinski definition) is 4. The van der Waals surface area contributed by atoms with Crippen LogP contribution in [0, 0.1) is 23.0 Å². The largest absolute Gasteiger partial charge is 0.441 e. The minimum Gasteiger partial charge on any atom is -0.441 e. The van der Waals surface area contributed by atoms with Gasteiger partial charge in [-0.15, -0.1) is 0 Å². The van der Waals surface area contributed by atoms with Crippen LogP contribution >= 0.6 is 0 Å². The Labute approximate surface area is 147 Å². The molecule has 0 bridgehead atoms. The predicted octanol–water partition coefficient (Wildman–Crippen LogP) is 4.06. The van der Waals surface area contributed by atoms with Gasteiger partial charge in [0.2, 0.25) is 5.91 Å². The van der Waals surface area contributed by atoms with Gasteiger partial charge in [0.05, 0.1) is 23.4 Å². The molecule has 0 unspecified atom stereocenters. The van der Waals surface area contributed by atoms with Crippen molar-refractivity contribution in [1.29, 1.82) is 5.26 Å². The maximum Gasteiger partial charge on any atom is 0.224 e. The van der Waals surface area contributed by atoms with Gasteiger partial charge in [-0.3, -0.25) is 4.79 Å². The number of nitrogens with one attached hydrogen (secondary N) is 1. The van der Waals surface area contributed by atoms with Gasteiger partial charge in [0.1, 0.15) is 11.6 Å². The number of rotatable bonds is 5. The summed E-state index contributed by atoms with van der Waals surface area (Å²) in [5.41, 5.74) is 1.19. The third-order valence-electron chi connectivity index (χ3n) is 3.61. The van der Waals surface area contributed by atoms with Crippen molar-refractivity contribution < 1.29 is 18.0 Å². The van der Waals surface area contributed by atoms with E-state index in [9.17, 15) is 13.6 Å². The number of carbonyl (C=O) groups is 1. The number of aromatic nitrogens is 1. The Morgan fingerprint density at radius 1 is 1.19 bits per heavy atom. The van der Waals surface area contributed by atoms with E-state index in [0.29, 0.717) is 11.3 Å². The van der Waals surface area contributed by atoms with E-state index in [1.807, 2.05) is 6.07 Å². The molecule has 1 amide bonds.